The fourth-order valence-electron chi connectivity index (χ4n) is 3.14. The van der Waals surface area contributed by atoms with Crippen LogP contribution in [0.5, 0.6) is 0 Å². The standard InChI is InChI=1S/C18H21N3O3/c1-12-3-5-13(6-4-12)7-8-16(22)21-10-9-15-14(11-21)17(18(23)24)19-20(15)2/h3-6H,7-11H2,1-2H3,(H,23,24). The summed E-state index contributed by atoms with van der Waals surface area (Å²) in [4.78, 5) is 25.5. The number of benzene rings is 1. The number of aromatic nitrogens is 2. The minimum Gasteiger partial charge on any atom is -0.476 e. The molecule has 24 heavy (non-hydrogen) atoms. The zero-order valence-corrected chi connectivity index (χ0v) is 14.0. The summed E-state index contributed by atoms with van der Waals surface area (Å²) in [5.74, 6) is -0.984. The van der Waals surface area contributed by atoms with Crippen LogP contribution in [-0.4, -0.2) is 38.2 Å². The van der Waals surface area contributed by atoms with E-state index in [0.717, 1.165) is 11.3 Å². The normalized spacial score (nSPS) is 13.7. The highest BCUT2D eigenvalue weighted by atomic mass is 16.4. The van der Waals surface area contributed by atoms with Crippen molar-refractivity contribution in [3.63, 3.8) is 0 Å². The van der Waals surface area contributed by atoms with Crippen molar-refractivity contribution in [2.75, 3.05) is 6.54 Å². The highest BCUT2D eigenvalue weighted by molar-refractivity contribution is 5.88. The van der Waals surface area contributed by atoms with E-state index in [2.05, 4.69) is 5.10 Å². The molecule has 1 N–H and O–H groups in total. The van der Waals surface area contributed by atoms with Gasteiger partial charge in [0.15, 0.2) is 5.69 Å². The van der Waals surface area contributed by atoms with Crippen molar-refractivity contribution in [2.24, 2.45) is 7.05 Å². The maximum Gasteiger partial charge on any atom is 0.356 e. The second-order valence-electron chi connectivity index (χ2n) is 6.25. The zero-order chi connectivity index (χ0) is 17.3. The average Bonchev–Trinajstić information content (AvgIpc) is 2.91. The van der Waals surface area contributed by atoms with Crippen LogP contribution in [0.15, 0.2) is 24.3 Å². The third-order valence-corrected chi connectivity index (χ3v) is 4.55. The van der Waals surface area contributed by atoms with Crippen LogP contribution in [0.25, 0.3) is 0 Å². The van der Waals surface area contributed by atoms with E-state index in [-0.39, 0.29) is 11.6 Å². The minimum atomic E-state index is -1.04. The predicted molar refractivity (Wildman–Crippen MR) is 88.8 cm³/mol. The Labute approximate surface area is 140 Å². The van der Waals surface area contributed by atoms with Gasteiger partial charge in [0.1, 0.15) is 0 Å². The van der Waals surface area contributed by atoms with Gasteiger partial charge in [-0.2, -0.15) is 5.10 Å². The highest BCUT2D eigenvalue weighted by Crippen LogP contribution is 2.23. The first-order valence-electron chi connectivity index (χ1n) is 8.07. The summed E-state index contributed by atoms with van der Waals surface area (Å²) < 4.78 is 1.62. The molecular weight excluding hydrogens is 306 g/mol. The van der Waals surface area contributed by atoms with E-state index in [4.69, 9.17) is 0 Å². The van der Waals surface area contributed by atoms with Crippen molar-refractivity contribution in [3.8, 4) is 0 Å². The number of aryl methyl sites for hydroxylation is 3. The Morgan fingerprint density at radius 3 is 2.62 bits per heavy atom. The van der Waals surface area contributed by atoms with Crippen LogP contribution in [0.1, 0.15) is 39.3 Å². The van der Waals surface area contributed by atoms with E-state index in [1.165, 1.54) is 5.56 Å². The number of amides is 1. The SMILES string of the molecule is Cc1ccc(CCC(=O)N2CCc3c(c(C(=O)O)nn3C)C2)cc1. The predicted octanol–water partition coefficient (Wildman–Crippen LogP) is 1.94. The Hall–Kier alpha value is -2.63. The minimum absolute atomic E-state index is 0.0569. The molecule has 126 valence electrons. The molecule has 1 aliphatic rings. The Bertz CT molecular complexity index is 778. The number of hydrogen-bond acceptors (Lipinski definition) is 3. The van der Waals surface area contributed by atoms with Crippen molar-refractivity contribution in [1.82, 2.24) is 14.7 Å². The van der Waals surface area contributed by atoms with Gasteiger partial charge in [-0.1, -0.05) is 29.8 Å². The van der Waals surface area contributed by atoms with E-state index in [1.807, 2.05) is 31.2 Å². The third kappa shape index (κ3) is 3.18. The highest BCUT2D eigenvalue weighted by Gasteiger charge is 2.28. The van der Waals surface area contributed by atoms with Gasteiger partial charge in [-0.15, -0.1) is 0 Å². The molecule has 0 fully saturated rings. The first kappa shape index (κ1) is 16.2. The molecule has 0 aliphatic carbocycles. The van der Waals surface area contributed by atoms with Crippen LogP contribution in [0.3, 0.4) is 0 Å². The molecule has 1 aromatic carbocycles. The first-order chi connectivity index (χ1) is 11.5. The second kappa shape index (κ2) is 6.47. The van der Waals surface area contributed by atoms with Crippen LogP contribution in [0, 0.1) is 6.92 Å². The number of hydrogen-bond donors (Lipinski definition) is 1. The van der Waals surface area contributed by atoms with Crippen LogP contribution < -0.4 is 0 Å². The summed E-state index contributed by atoms with van der Waals surface area (Å²) in [7, 11) is 1.75. The fraction of sp³-hybridized carbons (Fsp3) is 0.389. The van der Waals surface area contributed by atoms with Gasteiger partial charge in [0, 0.05) is 44.2 Å². The number of carbonyl (C=O) groups is 2. The van der Waals surface area contributed by atoms with Gasteiger partial charge in [0.25, 0.3) is 0 Å². The summed E-state index contributed by atoms with van der Waals surface area (Å²) in [6, 6.07) is 8.17. The van der Waals surface area contributed by atoms with Gasteiger partial charge in [-0.3, -0.25) is 9.48 Å². The fourth-order valence-corrected chi connectivity index (χ4v) is 3.14. The average molecular weight is 327 g/mol. The summed E-state index contributed by atoms with van der Waals surface area (Å²) in [6.07, 6.45) is 1.77. The second-order valence-corrected chi connectivity index (χ2v) is 6.25. The van der Waals surface area contributed by atoms with Crippen LogP contribution in [-0.2, 0) is 31.2 Å². The van der Waals surface area contributed by atoms with Gasteiger partial charge in [-0.05, 0) is 18.9 Å². The van der Waals surface area contributed by atoms with Crippen LogP contribution in [0.2, 0.25) is 0 Å². The van der Waals surface area contributed by atoms with Gasteiger partial charge in [0.2, 0.25) is 5.91 Å². The van der Waals surface area contributed by atoms with Crippen molar-refractivity contribution in [1.29, 1.82) is 0 Å². The lowest BCUT2D eigenvalue weighted by molar-refractivity contribution is -0.132. The van der Waals surface area contributed by atoms with Gasteiger partial charge >= 0.3 is 5.97 Å². The summed E-state index contributed by atoms with van der Waals surface area (Å²) in [5, 5.41) is 13.3. The number of nitrogens with zero attached hydrogens (tertiary/aromatic N) is 3. The molecule has 0 unspecified atom stereocenters. The summed E-state index contributed by atoms with van der Waals surface area (Å²) >= 11 is 0. The van der Waals surface area contributed by atoms with E-state index >= 15 is 0 Å². The third-order valence-electron chi connectivity index (χ3n) is 4.55. The topological polar surface area (TPSA) is 75.4 Å². The molecule has 0 bridgehead atoms. The molecule has 6 heteroatoms. The Balaban J connectivity index is 1.67. The number of aromatic carboxylic acids is 1. The number of rotatable bonds is 4. The lowest BCUT2D eigenvalue weighted by Crippen LogP contribution is -2.36. The van der Waals surface area contributed by atoms with Crippen molar-refractivity contribution in [2.45, 2.75) is 32.7 Å². The number of carbonyl (C=O) groups excluding carboxylic acids is 1. The molecule has 3 rings (SSSR count). The van der Waals surface area contributed by atoms with E-state index < -0.39 is 5.97 Å². The molecule has 0 saturated heterocycles. The molecule has 0 saturated carbocycles. The van der Waals surface area contributed by atoms with E-state index in [0.29, 0.717) is 37.9 Å². The maximum atomic E-state index is 12.5. The first-order valence-corrected chi connectivity index (χ1v) is 8.07. The molecule has 2 heterocycles. The van der Waals surface area contributed by atoms with Crippen molar-refractivity contribution in [3.05, 3.63) is 52.3 Å². The van der Waals surface area contributed by atoms with Gasteiger partial charge in [0.05, 0.1) is 0 Å². The number of fused-ring (bicyclic) bond motifs is 1. The zero-order valence-electron chi connectivity index (χ0n) is 14.0. The molecular formula is C18H21N3O3. The number of carboxylic acid groups (broad SMARTS) is 1. The van der Waals surface area contributed by atoms with Gasteiger partial charge < -0.3 is 10.0 Å². The monoisotopic (exact) mass is 327 g/mol. The Kier molecular flexibility index (Phi) is 4.38. The summed E-state index contributed by atoms with van der Waals surface area (Å²) in [6.45, 7) is 2.98. The van der Waals surface area contributed by atoms with Crippen molar-refractivity contribution < 1.29 is 14.7 Å². The van der Waals surface area contributed by atoms with E-state index in [9.17, 15) is 14.7 Å². The quantitative estimate of drug-likeness (QED) is 0.931. The molecule has 1 aliphatic heterocycles. The van der Waals surface area contributed by atoms with E-state index in [1.54, 1.807) is 16.6 Å². The van der Waals surface area contributed by atoms with Crippen molar-refractivity contribution >= 4 is 11.9 Å². The molecule has 1 amide bonds. The maximum absolute atomic E-state index is 12.5. The van der Waals surface area contributed by atoms with Crippen LogP contribution in [0.4, 0.5) is 0 Å². The molecule has 0 radical (unpaired) electrons. The molecule has 0 spiro atoms. The molecule has 0 atom stereocenters. The van der Waals surface area contributed by atoms with Crippen LogP contribution >= 0.6 is 0 Å². The Morgan fingerprint density at radius 2 is 1.96 bits per heavy atom. The molecule has 2 aromatic rings. The largest absolute Gasteiger partial charge is 0.476 e. The summed E-state index contributed by atoms with van der Waals surface area (Å²) in [5.41, 5.74) is 3.98. The lowest BCUT2D eigenvalue weighted by Gasteiger charge is -2.27. The smallest absolute Gasteiger partial charge is 0.356 e. The lowest BCUT2D eigenvalue weighted by atomic mass is 10.0. The molecule has 6 nitrogen and oxygen atoms in total. The van der Waals surface area contributed by atoms with Gasteiger partial charge in [-0.25, -0.2) is 4.79 Å². The number of carboxylic acids is 1. The Morgan fingerprint density at radius 1 is 1.25 bits per heavy atom. The molecule has 1 aromatic heterocycles.